The highest BCUT2D eigenvalue weighted by Gasteiger charge is 2.18. The minimum absolute atomic E-state index is 0.805. The van der Waals surface area contributed by atoms with Gasteiger partial charge in [-0.15, -0.1) is 11.3 Å². The van der Waals surface area contributed by atoms with E-state index in [1.165, 1.54) is 35.6 Å². The predicted molar refractivity (Wildman–Crippen MR) is 95.8 cm³/mol. The number of guanidine groups is 1. The van der Waals surface area contributed by atoms with Crippen LogP contribution >= 0.6 is 11.3 Å². The van der Waals surface area contributed by atoms with E-state index in [-0.39, 0.29) is 0 Å². The molecule has 0 radical (unpaired) electrons. The van der Waals surface area contributed by atoms with Gasteiger partial charge < -0.3 is 10.6 Å². The van der Waals surface area contributed by atoms with Gasteiger partial charge in [0.1, 0.15) is 0 Å². The zero-order valence-corrected chi connectivity index (χ0v) is 15.2. The van der Waals surface area contributed by atoms with Gasteiger partial charge in [-0.25, -0.2) is 4.98 Å². The minimum Gasteiger partial charge on any atom is -0.356 e. The molecule has 22 heavy (non-hydrogen) atoms. The Hall–Kier alpha value is -1.10. The van der Waals surface area contributed by atoms with Crippen molar-refractivity contribution in [1.29, 1.82) is 0 Å². The third-order valence-electron chi connectivity index (χ3n) is 4.62. The van der Waals surface area contributed by atoms with Gasteiger partial charge in [-0.1, -0.05) is 19.8 Å². The van der Waals surface area contributed by atoms with Crippen molar-refractivity contribution in [3.63, 3.8) is 0 Å². The Bertz CT molecular complexity index is 467. The highest BCUT2D eigenvalue weighted by Crippen LogP contribution is 2.27. The summed E-state index contributed by atoms with van der Waals surface area (Å²) in [5.41, 5.74) is 1.16. The maximum absolute atomic E-state index is 4.58. The van der Waals surface area contributed by atoms with E-state index in [0.29, 0.717) is 0 Å². The summed E-state index contributed by atoms with van der Waals surface area (Å²) in [6.07, 6.45) is 6.41. The van der Waals surface area contributed by atoms with E-state index in [0.717, 1.165) is 43.0 Å². The van der Waals surface area contributed by atoms with Crippen LogP contribution in [0.3, 0.4) is 0 Å². The van der Waals surface area contributed by atoms with E-state index in [2.05, 4.69) is 41.4 Å². The summed E-state index contributed by atoms with van der Waals surface area (Å²) in [5, 5.41) is 8.09. The molecule has 1 aliphatic carbocycles. The molecule has 124 valence electrons. The van der Waals surface area contributed by atoms with Gasteiger partial charge in [-0.05, 0) is 38.5 Å². The first-order chi connectivity index (χ1) is 10.6. The van der Waals surface area contributed by atoms with Crippen LogP contribution in [0, 0.1) is 25.7 Å². The first-order valence-electron chi connectivity index (χ1n) is 8.46. The van der Waals surface area contributed by atoms with Crippen LogP contribution in [0.1, 0.15) is 48.2 Å². The van der Waals surface area contributed by atoms with Gasteiger partial charge >= 0.3 is 0 Å². The fraction of sp³-hybridized carbons (Fsp3) is 0.765. The van der Waals surface area contributed by atoms with Crippen molar-refractivity contribution < 1.29 is 0 Å². The third-order valence-corrected chi connectivity index (χ3v) is 5.75. The standard InChI is InChI=1S/C17H30N4S/c1-12-5-7-15(8-6-12)11-20-17(18-4)19-10-9-16-21-13(2)14(3)22-16/h12,15H,5-11H2,1-4H3,(H2,18,19,20). The molecule has 1 fully saturated rings. The second-order valence-electron chi connectivity index (χ2n) is 6.50. The molecule has 0 bridgehead atoms. The summed E-state index contributed by atoms with van der Waals surface area (Å²) in [6.45, 7) is 8.51. The van der Waals surface area contributed by atoms with Crippen LogP contribution in [-0.4, -0.2) is 31.1 Å². The highest BCUT2D eigenvalue weighted by atomic mass is 32.1. The zero-order valence-electron chi connectivity index (χ0n) is 14.4. The molecule has 5 heteroatoms. The molecular formula is C17H30N4S. The van der Waals surface area contributed by atoms with Crippen molar-refractivity contribution >= 4 is 17.3 Å². The van der Waals surface area contributed by atoms with Gasteiger partial charge in [0.15, 0.2) is 5.96 Å². The van der Waals surface area contributed by atoms with Gasteiger partial charge in [0.25, 0.3) is 0 Å². The minimum atomic E-state index is 0.805. The van der Waals surface area contributed by atoms with Crippen LogP contribution in [-0.2, 0) is 6.42 Å². The summed E-state index contributed by atoms with van der Waals surface area (Å²) in [4.78, 5) is 10.2. The van der Waals surface area contributed by atoms with Gasteiger partial charge in [0.2, 0.25) is 0 Å². The first-order valence-corrected chi connectivity index (χ1v) is 9.27. The number of rotatable bonds is 5. The molecule has 1 aromatic heterocycles. The molecule has 4 nitrogen and oxygen atoms in total. The number of hydrogen-bond acceptors (Lipinski definition) is 3. The highest BCUT2D eigenvalue weighted by molar-refractivity contribution is 7.11. The summed E-state index contributed by atoms with van der Waals surface area (Å²) >= 11 is 1.80. The zero-order chi connectivity index (χ0) is 15.9. The van der Waals surface area contributed by atoms with Crippen LogP contribution in [0.15, 0.2) is 4.99 Å². The van der Waals surface area contributed by atoms with Gasteiger partial charge in [0.05, 0.1) is 10.7 Å². The van der Waals surface area contributed by atoms with E-state index < -0.39 is 0 Å². The topological polar surface area (TPSA) is 49.3 Å². The number of thiazole rings is 1. The molecule has 0 spiro atoms. The molecular weight excluding hydrogens is 292 g/mol. The molecule has 0 aliphatic heterocycles. The molecule has 0 aromatic carbocycles. The first kappa shape index (κ1) is 17.3. The number of aryl methyl sites for hydroxylation is 2. The van der Waals surface area contributed by atoms with Gasteiger partial charge in [0, 0.05) is 31.4 Å². The second-order valence-corrected chi connectivity index (χ2v) is 7.79. The largest absolute Gasteiger partial charge is 0.356 e. The summed E-state index contributed by atoms with van der Waals surface area (Å²) in [6, 6.07) is 0. The lowest BCUT2D eigenvalue weighted by molar-refractivity contribution is 0.289. The monoisotopic (exact) mass is 322 g/mol. The van der Waals surface area contributed by atoms with E-state index in [9.17, 15) is 0 Å². The van der Waals surface area contributed by atoms with E-state index in [4.69, 9.17) is 0 Å². The summed E-state index contributed by atoms with van der Waals surface area (Å²) < 4.78 is 0. The molecule has 0 atom stereocenters. The lowest BCUT2D eigenvalue weighted by Crippen LogP contribution is -2.41. The predicted octanol–water partition coefficient (Wildman–Crippen LogP) is 3.29. The van der Waals surface area contributed by atoms with Crippen LogP contribution < -0.4 is 10.6 Å². The normalized spacial score (nSPS) is 22.6. The average molecular weight is 323 g/mol. The van der Waals surface area contributed by atoms with E-state index in [1.54, 1.807) is 11.3 Å². The van der Waals surface area contributed by atoms with Crippen molar-refractivity contribution in [1.82, 2.24) is 15.6 Å². The molecule has 2 rings (SSSR count). The summed E-state index contributed by atoms with van der Waals surface area (Å²) in [7, 11) is 1.84. The molecule has 0 saturated heterocycles. The Morgan fingerprint density at radius 3 is 2.55 bits per heavy atom. The van der Waals surface area contributed by atoms with E-state index >= 15 is 0 Å². The SMILES string of the molecule is CN=C(NCCc1nc(C)c(C)s1)NCC1CCC(C)CC1. The maximum Gasteiger partial charge on any atom is 0.190 e. The molecule has 1 saturated carbocycles. The van der Waals surface area contributed by atoms with Crippen molar-refractivity contribution in [3.8, 4) is 0 Å². The molecule has 1 heterocycles. The molecule has 0 unspecified atom stereocenters. The number of nitrogens with one attached hydrogen (secondary N) is 2. The average Bonchev–Trinajstić information content (AvgIpc) is 2.83. The van der Waals surface area contributed by atoms with Crippen LogP contribution in [0.25, 0.3) is 0 Å². The lowest BCUT2D eigenvalue weighted by Gasteiger charge is -2.26. The maximum atomic E-state index is 4.58. The number of aromatic nitrogens is 1. The smallest absolute Gasteiger partial charge is 0.190 e. The van der Waals surface area contributed by atoms with Crippen LogP contribution in [0.5, 0.6) is 0 Å². The van der Waals surface area contributed by atoms with Gasteiger partial charge in [-0.2, -0.15) is 0 Å². The summed E-state index contributed by atoms with van der Waals surface area (Å²) in [5.74, 6) is 2.64. The Morgan fingerprint density at radius 2 is 1.95 bits per heavy atom. The van der Waals surface area contributed by atoms with E-state index in [1.807, 2.05) is 7.05 Å². The Labute approximate surface area is 138 Å². The van der Waals surface area contributed by atoms with Crippen LogP contribution in [0.2, 0.25) is 0 Å². The molecule has 0 amide bonds. The molecule has 1 aromatic rings. The van der Waals surface area contributed by atoms with Crippen molar-refractivity contribution in [2.45, 2.75) is 52.9 Å². The Kier molecular flexibility index (Phi) is 6.68. The molecule has 1 aliphatic rings. The van der Waals surface area contributed by atoms with Crippen molar-refractivity contribution in [3.05, 3.63) is 15.6 Å². The van der Waals surface area contributed by atoms with Gasteiger partial charge in [-0.3, -0.25) is 4.99 Å². The van der Waals surface area contributed by atoms with Crippen LogP contribution in [0.4, 0.5) is 0 Å². The molecule has 2 N–H and O–H groups in total. The Balaban J connectivity index is 1.67. The fourth-order valence-corrected chi connectivity index (χ4v) is 3.86. The lowest BCUT2D eigenvalue weighted by atomic mass is 9.83. The third kappa shape index (κ3) is 5.27. The number of hydrogen-bond donors (Lipinski definition) is 2. The Morgan fingerprint density at radius 1 is 1.23 bits per heavy atom. The quantitative estimate of drug-likeness (QED) is 0.646. The number of nitrogens with zero attached hydrogens (tertiary/aromatic N) is 2. The van der Waals surface area contributed by atoms with Crippen molar-refractivity contribution in [2.24, 2.45) is 16.8 Å². The fourth-order valence-electron chi connectivity index (χ4n) is 2.93. The van der Waals surface area contributed by atoms with Crippen molar-refractivity contribution in [2.75, 3.05) is 20.1 Å². The second kappa shape index (κ2) is 8.51. The number of aliphatic imine (C=N–C) groups is 1.